The molecule has 0 unspecified atom stereocenters. The molecule has 3 aliphatic rings. The highest BCUT2D eigenvalue weighted by Gasteiger charge is 2.09. The van der Waals surface area contributed by atoms with Crippen LogP contribution in [0.4, 0.5) is 0 Å². The second-order valence-electron chi connectivity index (χ2n) is 9.30. The van der Waals surface area contributed by atoms with E-state index < -0.39 is 0 Å². The number of pyridine rings is 1. The van der Waals surface area contributed by atoms with E-state index in [4.69, 9.17) is 23.9 Å². The largest absolute Gasteiger partial charge is 0.493 e. The van der Waals surface area contributed by atoms with E-state index in [1.807, 2.05) is 67.0 Å². The zero-order valence-corrected chi connectivity index (χ0v) is 23.4. The molecule has 0 amide bonds. The molecule has 0 aliphatic carbocycles. The topological polar surface area (TPSA) is 98.6 Å². The van der Waals surface area contributed by atoms with Gasteiger partial charge in [-0.3, -0.25) is 15.0 Å². The lowest BCUT2D eigenvalue weighted by atomic mass is 10.2. The van der Waals surface area contributed by atoms with Gasteiger partial charge in [-0.05, 0) is 85.6 Å². The highest BCUT2D eigenvalue weighted by Crippen LogP contribution is 2.29. The third kappa shape index (κ3) is 9.36. The molecule has 3 aromatic rings. The maximum Gasteiger partial charge on any atom is 0.161 e. The van der Waals surface area contributed by atoms with Gasteiger partial charge < -0.3 is 29.6 Å². The van der Waals surface area contributed by atoms with Crippen LogP contribution in [-0.2, 0) is 13.2 Å². The summed E-state index contributed by atoms with van der Waals surface area (Å²) < 4.78 is 23.2. The summed E-state index contributed by atoms with van der Waals surface area (Å²) >= 11 is 0. The Morgan fingerprint density at radius 1 is 0.650 bits per heavy atom. The third-order valence-corrected chi connectivity index (χ3v) is 6.23. The first-order chi connectivity index (χ1) is 19.7. The van der Waals surface area contributed by atoms with E-state index in [0.717, 1.165) is 74.6 Å². The molecule has 1 aromatic heterocycles. The molecule has 0 atom stereocenters. The summed E-state index contributed by atoms with van der Waals surface area (Å²) in [5.41, 5.74) is 3.52. The number of nitrogens with zero attached hydrogens (tertiary/aromatic N) is 3. The maximum atomic E-state index is 6.04. The van der Waals surface area contributed by atoms with Crippen LogP contribution in [0.25, 0.3) is 0 Å². The molecule has 0 saturated heterocycles. The SMILES string of the molecule is COc1cc2ccc1OCc1cccc(n1)COc1ccc(cc1OC)C=NCCCNCCNCCCN=C2. The molecule has 0 fully saturated rings. The van der Waals surface area contributed by atoms with Crippen molar-refractivity contribution in [2.24, 2.45) is 9.98 Å². The molecule has 3 aliphatic heterocycles. The van der Waals surface area contributed by atoms with Gasteiger partial charge in [0.05, 0.1) is 25.6 Å². The van der Waals surface area contributed by atoms with Crippen molar-refractivity contribution in [3.05, 3.63) is 77.1 Å². The van der Waals surface area contributed by atoms with Crippen LogP contribution in [0.5, 0.6) is 23.0 Å². The minimum atomic E-state index is 0.303. The van der Waals surface area contributed by atoms with Gasteiger partial charge in [0.15, 0.2) is 23.0 Å². The van der Waals surface area contributed by atoms with Crippen molar-refractivity contribution in [1.82, 2.24) is 15.6 Å². The molecule has 2 aromatic carbocycles. The minimum absolute atomic E-state index is 0.303. The van der Waals surface area contributed by atoms with Crippen molar-refractivity contribution in [2.45, 2.75) is 26.1 Å². The molecule has 6 bridgehead atoms. The number of hydrogen-bond acceptors (Lipinski definition) is 9. The monoisotopic (exact) mass is 545 g/mol. The van der Waals surface area contributed by atoms with Crippen LogP contribution in [0, 0.1) is 0 Å². The Kier molecular flexibility index (Phi) is 11.8. The molecule has 6 rings (SSSR count). The average molecular weight is 546 g/mol. The molecule has 4 heterocycles. The second kappa shape index (κ2) is 16.2. The van der Waals surface area contributed by atoms with Gasteiger partial charge in [-0.1, -0.05) is 6.07 Å². The molecule has 9 heteroatoms. The summed E-state index contributed by atoms with van der Waals surface area (Å²) in [7, 11) is 3.27. The Morgan fingerprint density at radius 2 is 1.15 bits per heavy atom. The lowest BCUT2D eigenvalue weighted by Gasteiger charge is -2.13. The van der Waals surface area contributed by atoms with Crippen LogP contribution in [0.15, 0.2) is 64.6 Å². The number of hydrogen-bond donors (Lipinski definition) is 2. The first-order valence-corrected chi connectivity index (χ1v) is 13.7. The van der Waals surface area contributed by atoms with E-state index >= 15 is 0 Å². The number of aromatic nitrogens is 1. The fourth-order valence-corrected chi connectivity index (χ4v) is 4.12. The Morgan fingerprint density at radius 3 is 1.62 bits per heavy atom. The van der Waals surface area contributed by atoms with Gasteiger partial charge in [0, 0.05) is 38.6 Å². The third-order valence-electron chi connectivity index (χ3n) is 6.23. The van der Waals surface area contributed by atoms with Crippen LogP contribution < -0.4 is 29.6 Å². The van der Waals surface area contributed by atoms with Crippen molar-refractivity contribution in [2.75, 3.05) is 53.5 Å². The van der Waals surface area contributed by atoms with Gasteiger partial charge in [-0.2, -0.15) is 0 Å². The summed E-state index contributed by atoms with van der Waals surface area (Å²) in [5.74, 6) is 2.61. The molecular formula is C31H39N5O4. The van der Waals surface area contributed by atoms with Crippen LogP contribution in [0.3, 0.4) is 0 Å². The number of benzene rings is 2. The highest BCUT2D eigenvalue weighted by atomic mass is 16.5. The smallest absolute Gasteiger partial charge is 0.161 e. The van der Waals surface area contributed by atoms with E-state index in [1.165, 1.54) is 0 Å². The van der Waals surface area contributed by atoms with E-state index in [-0.39, 0.29) is 0 Å². The van der Waals surface area contributed by atoms with Crippen LogP contribution >= 0.6 is 0 Å². The molecule has 0 spiro atoms. The number of aliphatic imine (C=N–C) groups is 2. The van der Waals surface area contributed by atoms with Crippen molar-refractivity contribution in [1.29, 1.82) is 0 Å². The summed E-state index contributed by atoms with van der Waals surface area (Å²) in [6.45, 7) is 5.86. The number of rotatable bonds is 2. The minimum Gasteiger partial charge on any atom is -0.493 e. The molecular weight excluding hydrogens is 506 g/mol. The van der Waals surface area contributed by atoms with Gasteiger partial charge in [-0.25, -0.2) is 0 Å². The lowest BCUT2D eigenvalue weighted by Crippen LogP contribution is -2.29. The van der Waals surface area contributed by atoms with Gasteiger partial charge in [-0.15, -0.1) is 0 Å². The Hall–Kier alpha value is -3.95. The van der Waals surface area contributed by atoms with E-state index in [9.17, 15) is 0 Å². The molecule has 2 N–H and O–H groups in total. The van der Waals surface area contributed by atoms with Gasteiger partial charge >= 0.3 is 0 Å². The summed E-state index contributed by atoms with van der Waals surface area (Å²) in [4.78, 5) is 13.8. The first kappa shape index (κ1) is 29.0. The fourth-order valence-electron chi connectivity index (χ4n) is 4.12. The van der Waals surface area contributed by atoms with E-state index in [2.05, 4.69) is 20.6 Å². The average Bonchev–Trinajstić information content (AvgIpc) is 2.99. The Bertz CT molecular complexity index is 1170. The van der Waals surface area contributed by atoms with Gasteiger partial charge in [0.1, 0.15) is 13.2 Å². The lowest BCUT2D eigenvalue weighted by molar-refractivity contribution is 0.271. The number of ether oxygens (including phenoxy) is 4. The van der Waals surface area contributed by atoms with Crippen LogP contribution in [0.2, 0.25) is 0 Å². The summed E-state index contributed by atoms with van der Waals surface area (Å²) in [6.07, 6.45) is 5.71. The predicted octanol–water partition coefficient (Wildman–Crippen LogP) is 4.07. The quantitative estimate of drug-likeness (QED) is 0.501. The van der Waals surface area contributed by atoms with Crippen LogP contribution in [-0.4, -0.2) is 70.9 Å². The fraction of sp³-hybridized carbons (Fsp3) is 0.387. The maximum absolute atomic E-state index is 6.04. The number of fused-ring (bicyclic) bond motifs is 2. The number of nitrogens with one attached hydrogen (secondary N) is 2. The number of methoxy groups -OCH3 is 2. The van der Waals surface area contributed by atoms with E-state index in [0.29, 0.717) is 36.2 Å². The van der Waals surface area contributed by atoms with Crippen molar-refractivity contribution in [3.8, 4) is 23.0 Å². The zero-order chi connectivity index (χ0) is 27.8. The first-order valence-electron chi connectivity index (χ1n) is 13.7. The molecule has 0 saturated carbocycles. The van der Waals surface area contributed by atoms with Crippen molar-refractivity contribution >= 4 is 12.4 Å². The molecule has 212 valence electrons. The second-order valence-corrected chi connectivity index (χ2v) is 9.30. The Labute approximate surface area is 236 Å². The van der Waals surface area contributed by atoms with Crippen molar-refractivity contribution < 1.29 is 18.9 Å². The van der Waals surface area contributed by atoms with E-state index in [1.54, 1.807) is 14.2 Å². The zero-order valence-electron chi connectivity index (χ0n) is 23.4. The van der Waals surface area contributed by atoms with Gasteiger partial charge in [0.2, 0.25) is 0 Å². The molecule has 40 heavy (non-hydrogen) atoms. The van der Waals surface area contributed by atoms with Gasteiger partial charge in [0.25, 0.3) is 0 Å². The molecule has 9 nitrogen and oxygen atoms in total. The summed E-state index contributed by atoms with van der Waals surface area (Å²) in [5, 5.41) is 6.91. The predicted molar refractivity (Wildman–Crippen MR) is 159 cm³/mol. The summed E-state index contributed by atoms with van der Waals surface area (Å²) in [6, 6.07) is 17.4. The molecule has 0 radical (unpaired) electrons. The van der Waals surface area contributed by atoms with Crippen molar-refractivity contribution in [3.63, 3.8) is 0 Å². The van der Waals surface area contributed by atoms with Crippen LogP contribution in [0.1, 0.15) is 35.4 Å². The normalized spacial score (nSPS) is 15.8. The Balaban J connectivity index is 1.45. The standard InChI is InChI=1S/C31H39N5O4/c1-37-30-18-24-8-10-28(30)39-22-26-6-3-7-27(36-26)23-40-29-11-9-25(19-31(29)38-2)21-35-15-5-13-33-17-16-32-12-4-14-34-20-24/h3,6-11,18-21,32-33H,4-5,12-17,22-23H2,1-2H3. The highest BCUT2D eigenvalue weighted by molar-refractivity contribution is 5.81.